The summed E-state index contributed by atoms with van der Waals surface area (Å²) in [5.74, 6) is 0. The Hall–Kier alpha value is -0.0400. The fourth-order valence-electron chi connectivity index (χ4n) is 2.09. The van der Waals surface area contributed by atoms with Crippen LogP contribution >= 0.6 is 0 Å². The van der Waals surface area contributed by atoms with Crippen molar-refractivity contribution in [3.05, 3.63) is 0 Å². The average Bonchev–Trinajstić information content (AvgIpc) is 2.02. The van der Waals surface area contributed by atoms with Crippen LogP contribution < -0.4 is 0 Å². The molecule has 0 spiro atoms. The molecule has 1 rings (SSSR count). The first-order valence-electron chi connectivity index (χ1n) is 5.44. The number of hydrogen-bond donors (Lipinski definition) is 1. The van der Waals surface area contributed by atoms with Crippen LogP contribution in [0.5, 0.6) is 0 Å². The van der Waals surface area contributed by atoms with E-state index in [4.69, 9.17) is 0 Å². The first kappa shape index (κ1) is 10.0. The zero-order chi connectivity index (χ0) is 8.86. The molecule has 1 aliphatic carbocycles. The summed E-state index contributed by atoms with van der Waals surface area (Å²) < 4.78 is 0. The van der Waals surface area contributed by atoms with Gasteiger partial charge in [0.25, 0.3) is 0 Å². The number of aliphatic hydroxyl groups is 1. The van der Waals surface area contributed by atoms with E-state index in [1.165, 1.54) is 51.4 Å². The first-order valence-corrected chi connectivity index (χ1v) is 5.44. The van der Waals surface area contributed by atoms with Crippen LogP contribution in [0, 0.1) is 5.41 Å². The molecule has 0 atom stereocenters. The SMILES string of the molecule is CCCCCCC1(CO)CCC1. The predicted octanol–water partition coefficient (Wildman–Crippen LogP) is 3.12. The van der Waals surface area contributed by atoms with E-state index in [1.54, 1.807) is 0 Å². The lowest BCUT2D eigenvalue weighted by Crippen LogP contribution is -2.33. The summed E-state index contributed by atoms with van der Waals surface area (Å²) in [4.78, 5) is 0. The number of rotatable bonds is 6. The minimum Gasteiger partial charge on any atom is -0.396 e. The van der Waals surface area contributed by atoms with Crippen molar-refractivity contribution in [1.29, 1.82) is 0 Å². The smallest absolute Gasteiger partial charge is 0.0487 e. The normalized spacial score (nSPS) is 20.5. The second-order valence-electron chi connectivity index (χ2n) is 4.32. The van der Waals surface area contributed by atoms with Gasteiger partial charge in [0.15, 0.2) is 0 Å². The van der Waals surface area contributed by atoms with E-state index in [0.29, 0.717) is 12.0 Å². The van der Waals surface area contributed by atoms with Gasteiger partial charge in [0.1, 0.15) is 0 Å². The van der Waals surface area contributed by atoms with Crippen LogP contribution in [0.2, 0.25) is 0 Å². The van der Waals surface area contributed by atoms with Crippen LogP contribution in [0.4, 0.5) is 0 Å². The highest BCUT2D eigenvalue weighted by Gasteiger charge is 2.35. The van der Waals surface area contributed by atoms with Gasteiger partial charge in [-0.1, -0.05) is 39.0 Å². The standard InChI is InChI=1S/C11H22O/c1-2-3-4-5-7-11(10-12)8-6-9-11/h12H,2-10H2,1H3. The van der Waals surface area contributed by atoms with E-state index in [1.807, 2.05) is 0 Å². The van der Waals surface area contributed by atoms with Gasteiger partial charge in [0, 0.05) is 6.61 Å². The van der Waals surface area contributed by atoms with Crippen molar-refractivity contribution in [3.63, 3.8) is 0 Å². The molecule has 1 N–H and O–H groups in total. The summed E-state index contributed by atoms with van der Waals surface area (Å²) in [7, 11) is 0. The van der Waals surface area contributed by atoms with Crippen molar-refractivity contribution in [2.24, 2.45) is 5.41 Å². The molecule has 0 radical (unpaired) electrons. The molecule has 0 heterocycles. The maximum Gasteiger partial charge on any atom is 0.0487 e. The summed E-state index contributed by atoms with van der Waals surface area (Å²) in [5.41, 5.74) is 0.369. The van der Waals surface area contributed by atoms with Crippen molar-refractivity contribution in [3.8, 4) is 0 Å². The highest BCUT2D eigenvalue weighted by Crippen LogP contribution is 2.44. The molecule has 1 nitrogen and oxygen atoms in total. The largest absolute Gasteiger partial charge is 0.396 e. The van der Waals surface area contributed by atoms with Gasteiger partial charge in [-0.2, -0.15) is 0 Å². The molecule has 1 heteroatoms. The lowest BCUT2D eigenvalue weighted by Gasteiger charge is -2.40. The predicted molar refractivity (Wildman–Crippen MR) is 52.1 cm³/mol. The van der Waals surface area contributed by atoms with E-state index >= 15 is 0 Å². The average molecular weight is 170 g/mol. The Labute approximate surface area is 76.2 Å². The lowest BCUT2D eigenvalue weighted by molar-refractivity contribution is 0.0336. The van der Waals surface area contributed by atoms with Gasteiger partial charge in [0.05, 0.1) is 0 Å². The van der Waals surface area contributed by atoms with Gasteiger partial charge in [-0.3, -0.25) is 0 Å². The van der Waals surface area contributed by atoms with Gasteiger partial charge >= 0.3 is 0 Å². The van der Waals surface area contributed by atoms with Crippen LogP contribution in [0.25, 0.3) is 0 Å². The number of hydrogen-bond acceptors (Lipinski definition) is 1. The van der Waals surface area contributed by atoms with Gasteiger partial charge in [-0.05, 0) is 24.7 Å². The summed E-state index contributed by atoms with van der Waals surface area (Å²) in [6, 6.07) is 0. The minimum atomic E-state index is 0.369. The Kier molecular flexibility index (Phi) is 4.07. The van der Waals surface area contributed by atoms with Crippen molar-refractivity contribution < 1.29 is 5.11 Å². The molecule has 0 aromatic carbocycles. The van der Waals surface area contributed by atoms with Gasteiger partial charge in [-0.15, -0.1) is 0 Å². The molecule has 72 valence electrons. The molecule has 12 heavy (non-hydrogen) atoms. The van der Waals surface area contributed by atoms with Crippen molar-refractivity contribution in [2.75, 3.05) is 6.61 Å². The molecule has 0 amide bonds. The Bertz CT molecular complexity index is 111. The van der Waals surface area contributed by atoms with Gasteiger partial charge in [0.2, 0.25) is 0 Å². The van der Waals surface area contributed by atoms with Crippen molar-refractivity contribution >= 4 is 0 Å². The van der Waals surface area contributed by atoms with E-state index in [-0.39, 0.29) is 0 Å². The van der Waals surface area contributed by atoms with Gasteiger partial charge < -0.3 is 5.11 Å². The third kappa shape index (κ3) is 2.48. The fraction of sp³-hybridized carbons (Fsp3) is 1.00. The topological polar surface area (TPSA) is 20.2 Å². The molecule has 0 aromatic rings. The first-order chi connectivity index (χ1) is 5.83. The van der Waals surface area contributed by atoms with Crippen LogP contribution in [0.15, 0.2) is 0 Å². The highest BCUT2D eigenvalue weighted by molar-refractivity contribution is 4.86. The maximum absolute atomic E-state index is 9.19. The Balaban J connectivity index is 2.04. The second-order valence-corrected chi connectivity index (χ2v) is 4.32. The Morgan fingerprint density at radius 2 is 1.92 bits per heavy atom. The summed E-state index contributed by atoms with van der Waals surface area (Å²) in [6.07, 6.45) is 10.5. The summed E-state index contributed by atoms with van der Waals surface area (Å²) >= 11 is 0. The molecular weight excluding hydrogens is 148 g/mol. The molecule has 1 fully saturated rings. The highest BCUT2D eigenvalue weighted by atomic mass is 16.3. The van der Waals surface area contributed by atoms with Crippen LogP contribution in [-0.4, -0.2) is 11.7 Å². The Morgan fingerprint density at radius 1 is 1.17 bits per heavy atom. The summed E-state index contributed by atoms with van der Waals surface area (Å²) in [6.45, 7) is 2.67. The fourth-order valence-corrected chi connectivity index (χ4v) is 2.09. The van der Waals surface area contributed by atoms with Crippen molar-refractivity contribution in [1.82, 2.24) is 0 Å². The van der Waals surface area contributed by atoms with E-state index in [9.17, 15) is 5.11 Å². The van der Waals surface area contributed by atoms with Crippen molar-refractivity contribution in [2.45, 2.75) is 58.3 Å². The second kappa shape index (κ2) is 4.86. The lowest BCUT2D eigenvalue weighted by atomic mass is 9.66. The molecule has 0 aromatic heterocycles. The quantitative estimate of drug-likeness (QED) is 0.607. The maximum atomic E-state index is 9.19. The third-order valence-corrected chi connectivity index (χ3v) is 3.31. The minimum absolute atomic E-state index is 0.369. The number of aliphatic hydroxyl groups excluding tert-OH is 1. The molecule has 0 unspecified atom stereocenters. The molecular formula is C11H22O. The molecule has 1 saturated carbocycles. The van der Waals surface area contributed by atoms with Gasteiger partial charge in [-0.25, -0.2) is 0 Å². The monoisotopic (exact) mass is 170 g/mol. The van der Waals surface area contributed by atoms with E-state index < -0.39 is 0 Å². The molecule has 0 bridgehead atoms. The Morgan fingerprint density at radius 3 is 2.33 bits per heavy atom. The summed E-state index contributed by atoms with van der Waals surface area (Å²) in [5, 5.41) is 9.19. The van der Waals surface area contributed by atoms with E-state index in [0.717, 1.165) is 0 Å². The molecule has 1 aliphatic rings. The number of unbranched alkanes of at least 4 members (excludes halogenated alkanes) is 3. The van der Waals surface area contributed by atoms with Crippen LogP contribution in [0.1, 0.15) is 58.3 Å². The van der Waals surface area contributed by atoms with Crippen LogP contribution in [0.3, 0.4) is 0 Å². The zero-order valence-corrected chi connectivity index (χ0v) is 8.31. The van der Waals surface area contributed by atoms with Crippen LogP contribution in [-0.2, 0) is 0 Å². The zero-order valence-electron chi connectivity index (χ0n) is 8.31. The van der Waals surface area contributed by atoms with E-state index in [2.05, 4.69) is 6.92 Å². The molecule has 0 aliphatic heterocycles. The molecule has 0 saturated heterocycles. The third-order valence-electron chi connectivity index (χ3n) is 3.31.